The third kappa shape index (κ3) is 4.22. The molecular formula is C40H27NO. The molecule has 0 bridgehead atoms. The van der Waals surface area contributed by atoms with Gasteiger partial charge in [0.2, 0.25) is 0 Å². The molecule has 1 aromatic heterocycles. The molecule has 0 saturated carbocycles. The van der Waals surface area contributed by atoms with Crippen molar-refractivity contribution < 1.29 is 4.42 Å². The molecule has 0 atom stereocenters. The second kappa shape index (κ2) is 10.1. The molecule has 1 heterocycles. The van der Waals surface area contributed by atoms with Gasteiger partial charge in [-0.15, -0.1) is 0 Å². The molecule has 2 nitrogen and oxygen atoms in total. The maximum Gasteiger partial charge on any atom is 0.143 e. The molecule has 198 valence electrons. The quantitative estimate of drug-likeness (QED) is 0.217. The summed E-state index contributed by atoms with van der Waals surface area (Å²) >= 11 is 0. The molecule has 42 heavy (non-hydrogen) atoms. The molecule has 8 rings (SSSR count). The van der Waals surface area contributed by atoms with Crippen LogP contribution in [0, 0.1) is 0 Å². The summed E-state index contributed by atoms with van der Waals surface area (Å²) in [6.45, 7) is 0. The second-order valence-electron chi connectivity index (χ2n) is 10.6. The zero-order valence-electron chi connectivity index (χ0n) is 22.9. The molecule has 0 amide bonds. The Balaban J connectivity index is 1.23. The highest BCUT2D eigenvalue weighted by molar-refractivity contribution is 6.15. The lowest BCUT2D eigenvalue weighted by atomic mass is 9.99. The molecule has 0 radical (unpaired) electrons. The first-order valence-corrected chi connectivity index (χ1v) is 14.3. The van der Waals surface area contributed by atoms with Crippen LogP contribution in [0.25, 0.3) is 55.0 Å². The van der Waals surface area contributed by atoms with E-state index in [4.69, 9.17) is 4.42 Å². The zero-order valence-corrected chi connectivity index (χ0v) is 22.9. The Kier molecular flexibility index (Phi) is 5.82. The summed E-state index contributed by atoms with van der Waals surface area (Å²) in [5, 5.41) is 4.55. The minimum atomic E-state index is 0.914. The molecule has 0 aliphatic heterocycles. The van der Waals surface area contributed by atoms with Gasteiger partial charge in [-0.05, 0) is 82.2 Å². The molecule has 0 spiro atoms. The minimum Gasteiger partial charge on any atom is -0.455 e. The highest BCUT2D eigenvalue weighted by atomic mass is 16.3. The van der Waals surface area contributed by atoms with E-state index in [2.05, 4.69) is 157 Å². The molecule has 0 unspecified atom stereocenters. The van der Waals surface area contributed by atoms with Gasteiger partial charge in [-0.3, -0.25) is 0 Å². The lowest BCUT2D eigenvalue weighted by molar-refractivity contribution is 0.672. The van der Waals surface area contributed by atoms with E-state index in [-0.39, 0.29) is 0 Å². The van der Waals surface area contributed by atoms with E-state index in [0.717, 1.165) is 49.8 Å². The summed E-state index contributed by atoms with van der Waals surface area (Å²) in [6.07, 6.45) is 0. The van der Waals surface area contributed by atoms with Gasteiger partial charge in [-0.2, -0.15) is 0 Å². The normalized spacial score (nSPS) is 11.3. The van der Waals surface area contributed by atoms with Gasteiger partial charge in [0.25, 0.3) is 0 Å². The van der Waals surface area contributed by atoms with Crippen LogP contribution in [0.4, 0.5) is 17.1 Å². The average Bonchev–Trinajstić information content (AvgIpc) is 3.46. The molecule has 0 saturated heterocycles. The number of rotatable bonds is 5. The Hall–Kier alpha value is -5.60. The van der Waals surface area contributed by atoms with E-state index in [1.54, 1.807) is 0 Å². The standard InChI is InChI=1S/C40H27NO/c1-3-10-28(11-4-1)31-12-9-13-32(26-31)29-18-22-34(23-19-29)41(33-14-5-2-6-15-33)35-24-20-30-21-25-37-36-16-7-8-17-39(36)42-40(37)38(30)27-35/h1-27H. The molecule has 7 aromatic carbocycles. The predicted molar refractivity (Wildman–Crippen MR) is 177 cm³/mol. The third-order valence-corrected chi connectivity index (χ3v) is 8.05. The monoisotopic (exact) mass is 537 g/mol. The number of furan rings is 1. The van der Waals surface area contributed by atoms with Crippen molar-refractivity contribution in [2.75, 3.05) is 4.90 Å². The smallest absolute Gasteiger partial charge is 0.143 e. The van der Waals surface area contributed by atoms with E-state index >= 15 is 0 Å². The molecule has 2 heteroatoms. The summed E-state index contributed by atoms with van der Waals surface area (Å²) in [5.74, 6) is 0. The van der Waals surface area contributed by atoms with Crippen molar-refractivity contribution in [3.63, 3.8) is 0 Å². The summed E-state index contributed by atoms with van der Waals surface area (Å²) in [5.41, 5.74) is 9.96. The highest BCUT2D eigenvalue weighted by Crippen LogP contribution is 2.40. The van der Waals surface area contributed by atoms with Gasteiger partial charge in [-0.1, -0.05) is 109 Å². The van der Waals surface area contributed by atoms with Crippen LogP contribution in [0.2, 0.25) is 0 Å². The van der Waals surface area contributed by atoms with Crippen LogP contribution in [0.5, 0.6) is 0 Å². The number of para-hydroxylation sites is 2. The SMILES string of the molecule is c1ccc(-c2cccc(-c3ccc(N(c4ccccc4)c4ccc5ccc6c7ccccc7oc6c5c4)cc3)c2)cc1. The molecule has 0 fully saturated rings. The Morgan fingerprint density at radius 3 is 1.74 bits per heavy atom. The third-order valence-electron chi connectivity index (χ3n) is 8.05. The number of hydrogen-bond acceptors (Lipinski definition) is 2. The van der Waals surface area contributed by atoms with E-state index in [9.17, 15) is 0 Å². The summed E-state index contributed by atoms with van der Waals surface area (Å²) < 4.78 is 6.40. The lowest BCUT2D eigenvalue weighted by Gasteiger charge is -2.26. The van der Waals surface area contributed by atoms with Gasteiger partial charge in [0.05, 0.1) is 0 Å². The topological polar surface area (TPSA) is 16.4 Å². The average molecular weight is 538 g/mol. The largest absolute Gasteiger partial charge is 0.455 e. The summed E-state index contributed by atoms with van der Waals surface area (Å²) in [4.78, 5) is 2.31. The van der Waals surface area contributed by atoms with Crippen molar-refractivity contribution in [2.24, 2.45) is 0 Å². The predicted octanol–water partition coefficient (Wildman–Crippen LogP) is 11.5. The van der Waals surface area contributed by atoms with E-state index in [0.29, 0.717) is 0 Å². The van der Waals surface area contributed by atoms with Crippen molar-refractivity contribution in [3.8, 4) is 22.3 Å². The Labute approximate surface area is 244 Å². The van der Waals surface area contributed by atoms with Crippen LogP contribution in [-0.2, 0) is 0 Å². The number of benzene rings is 7. The fraction of sp³-hybridized carbons (Fsp3) is 0. The maximum atomic E-state index is 6.40. The molecular weight excluding hydrogens is 510 g/mol. The van der Waals surface area contributed by atoms with Crippen LogP contribution in [0.3, 0.4) is 0 Å². The fourth-order valence-corrected chi connectivity index (χ4v) is 5.97. The van der Waals surface area contributed by atoms with E-state index < -0.39 is 0 Å². The van der Waals surface area contributed by atoms with Crippen LogP contribution < -0.4 is 4.90 Å². The van der Waals surface area contributed by atoms with E-state index in [1.807, 2.05) is 12.1 Å². The summed E-state index contributed by atoms with van der Waals surface area (Å²) in [7, 11) is 0. The lowest BCUT2D eigenvalue weighted by Crippen LogP contribution is -2.09. The van der Waals surface area contributed by atoms with Crippen molar-refractivity contribution in [3.05, 3.63) is 164 Å². The van der Waals surface area contributed by atoms with Crippen molar-refractivity contribution in [1.82, 2.24) is 0 Å². The fourth-order valence-electron chi connectivity index (χ4n) is 5.97. The van der Waals surface area contributed by atoms with Crippen LogP contribution in [-0.4, -0.2) is 0 Å². The zero-order chi connectivity index (χ0) is 27.9. The molecule has 0 aliphatic rings. The van der Waals surface area contributed by atoms with Crippen molar-refractivity contribution in [2.45, 2.75) is 0 Å². The number of nitrogens with zero attached hydrogens (tertiary/aromatic N) is 1. The molecule has 0 N–H and O–H groups in total. The van der Waals surface area contributed by atoms with Crippen LogP contribution in [0.15, 0.2) is 168 Å². The van der Waals surface area contributed by atoms with Gasteiger partial charge in [0, 0.05) is 33.2 Å². The summed E-state index contributed by atoms with van der Waals surface area (Å²) in [6, 6.07) is 57.9. The van der Waals surface area contributed by atoms with Gasteiger partial charge >= 0.3 is 0 Å². The Morgan fingerprint density at radius 2 is 0.952 bits per heavy atom. The van der Waals surface area contributed by atoms with Crippen LogP contribution in [0.1, 0.15) is 0 Å². The Morgan fingerprint density at radius 1 is 0.357 bits per heavy atom. The first kappa shape index (κ1) is 24.2. The van der Waals surface area contributed by atoms with Gasteiger partial charge in [0.1, 0.15) is 11.2 Å². The van der Waals surface area contributed by atoms with Crippen LogP contribution >= 0.6 is 0 Å². The Bertz CT molecular complexity index is 2180. The number of hydrogen-bond donors (Lipinski definition) is 0. The molecule has 8 aromatic rings. The first-order valence-electron chi connectivity index (χ1n) is 14.3. The maximum absolute atomic E-state index is 6.40. The molecule has 0 aliphatic carbocycles. The van der Waals surface area contributed by atoms with E-state index in [1.165, 1.54) is 22.3 Å². The number of fused-ring (bicyclic) bond motifs is 5. The minimum absolute atomic E-state index is 0.914. The second-order valence-corrected chi connectivity index (χ2v) is 10.6. The van der Waals surface area contributed by atoms with Gasteiger partial charge in [0.15, 0.2) is 0 Å². The first-order chi connectivity index (χ1) is 20.8. The highest BCUT2D eigenvalue weighted by Gasteiger charge is 2.16. The van der Waals surface area contributed by atoms with Gasteiger partial charge < -0.3 is 9.32 Å². The number of anilines is 3. The van der Waals surface area contributed by atoms with Crippen molar-refractivity contribution in [1.29, 1.82) is 0 Å². The van der Waals surface area contributed by atoms with Crippen molar-refractivity contribution >= 4 is 49.8 Å². The van der Waals surface area contributed by atoms with Gasteiger partial charge in [-0.25, -0.2) is 0 Å².